The molecular formula is C12H11BFNO2. The van der Waals surface area contributed by atoms with Crippen LogP contribution in [0.15, 0.2) is 36.5 Å². The number of halogens is 1. The normalized spacial score (nSPS) is 10.1. The average molecular weight is 231 g/mol. The first kappa shape index (κ1) is 11.6. The lowest BCUT2D eigenvalue weighted by atomic mass is 9.88. The zero-order valence-corrected chi connectivity index (χ0v) is 9.35. The maximum atomic E-state index is 13.4. The summed E-state index contributed by atoms with van der Waals surface area (Å²) in [6, 6.07) is 7.83. The van der Waals surface area contributed by atoms with E-state index < -0.39 is 5.82 Å². The lowest BCUT2D eigenvalue weighted by Crippen LogP contribution is -2.17. The van der Waals surface area contributed by atoms with Crippen molar-refractivity contribution < 1.29 is 14.2 Å². The molecule has 2 rings (SSSR count). The summed E-state index contributed by atoms with van der Waals surface area (Å²) in [5.74, 6) is 0.523. The number of pyridine rings is 1. The zero-order chi connectivity index (χ0) is 12.3. The van der Waals surface area contributed by atoms with Gasteiger partial charge < -0.3 is 9.76 Å². The molecule has 1 N–H and O–H groups in total. The lowest BCUT2D eigenvalue weighted by molar-refractivity contribution is 0.476. The Balaban J connectivity index is 2.22. The van der Waals surface area contributed by atoms with E-state index in [1.165, 1.54) is 12.1 Å². The summed E-state index contributed by atoms with van der Waals surface area (Å²) in [6.07, 6.45) is 1.63. The van der Waals surface area contributed by atoms with Gasteiger partial charge in [-0.1, -0.05) is 6.07 Å². The van der Waals surface area contributed by atoms with E-state index in [2.05, 4.69) is 4.98 Å². The fraction of sp³-hybridized carbons (Fsp3) is 0.0833. The van der Waals surface area contributed by atoms with Gasteiger partial charge in [0.15, 0.2) is 0 Å². The Morgan fingerprint density at radius 2 is 2.00 bits per heavy atom. The minimum Gasteiger partial charge on any atom is -0.457 e. The van der Waals surface area contributed by atoms with Crippen LogP contribution in [0.4, 0.5) is 4.39 Å². The summed E-state index contributed by atoms with van der Waals surface area (Å²) in [6.45, 7) is 1.85. The van der Waals surface area contributed by atoms with Crippen molar-refractivity contribution in [1.29, 1.82) is 0 Å². The Kier molecular flexibility index (Phi) is 3.39. The number of hydrogen-bond acceptors (Lipinski definition) is 3. The Morgan fingerprint density at radius 1 is 1.24 bits per heavy atom. The van der Waals surface area contributed by atoms with Crippen molar-refractivity contribution in [2.75, 3.05) is 0 Å². The number of rotatable bonds is 3. The molecule has 1 aromatic carbocycles. The minimum atomic E-state index is -0.476. The van der Waals surface area contributed by atoms with Crippen molar-refractivity contribution in [2.45, 2.75) is 6.92 Å². The molecule has 3 nitrogen and oxygen atoms in total. The number of nitrogens with zero attached hydrogens (tertiary/aromatic N) is 1. The van der Waals surface area contributed by atoms with Crippen LogP contribution in [0.2, 0.25) is 0 Å². The molecule has 0 aliphatic heterocycles. The molecule has 0 saturated heterocycles. The highest BCUT2D eigenvalue weighted by molar-refractivity contribution is 6.45. The summed E-state index contributed by atoms with van der Waals surface area (Å²) >= 11 is 0. The third kappa shape index (κ3) is 2.82. The van der Waals surface area contributed by atoms with Crippen LogP contribution in [0.1, 0.15) is 5.69 Å². The molecule has 86 valence electrons. The lowest BCUT2D eigenvalue weighted by Gasteiger charge is -2.07. The van der Waals surface area contributed by atoms with Crippen LogP contribution in [0.25, 0.3) is 0 Å². The molecule has 0 spiro atoms. The number of benzene rings is 1. The largest absolute Gasteiger partial charge is 0.457 e. The van der Waals surface area contributed by atoms with E-state index in [0.717, 1.165) is 5.69 Å². The van der Waals surface area contributed by atoms with Gasteiger partial charge in [0.25, 0.3) is 0 Å². The quantitative estimate of drug-likeness (QED) is 0.809. The maximum absolute atomic E-state index is 13.4. The highest BCUT2D eigenvalue weighted by Gasteiger charge is 2.05. The van der Waals surface area contributed by atoms with E-state index in [1.807, 2.05) is 6.92 Å². The summed E-state index contributed by atoms with van der Waals surface area (Å²) < 4.78 is 18.9. The van der Waals surface area contributed by atoms with Crippen molar-refractivity contribution in [3.63, 3.8) is 0 Å². The van der Waals surface area contributed by atoms with Gasteiger partial charge in [-0.3, -0.25) is 4.98 Å². The first-order chi connectivity index (χ1) is 8.19. The number of ether oxygens (including phenoxy) is 1. The highest BCUT2D eigenvalue weighted by atomic mass is 19.1. The zero-order valence-electron chi connectivity index (χ0n) is 9.35. The van der Waals surface area contributed by atoms with Crippen LogP contribution in [0, 0.1) is 12.7 Å². The van der Waals surface area contributed by atoms with Gasteiger partial charge in [0, 0.05) is 24.0 Å². The molecule has 0 saturated carbocycles. The molecule has 0 radical (unpaired) electrons. The summed E-state index contributed by atoms with van der Waals surface area (Å²) in [4.78, 5) is 4.04. The number of aryl methyl sites for hydroxylation is 1. The highest BCUT2D eigenvalue weighted by Crippen LogP contribution is 2.21. The number of aromatic nitrogens is 1. The van der Waals surface area contributed by atoms with E-state index in [1.54, 1.807) is 24.4 Å². The van der Waals surface area contributed by atoms with Crippen LogP contribution in [0.3, 0.4) is 0 Å². The number of hydrogen-bond donors (Lipinski definition) is 1. The Morgan fingerprint density at radius 3 is 2.65 bits per heavy atom. The monoisotopic (exact) mass is 231 g/mol. The third-order valence-electron chi connectivity index (χ3n) is 2.30. The van der Waals surface area contributed by atoms with Crippen molar-refractivity contribution in [3.05, 3.63) is 48.0 Å². The Labute approximate surface area is 99.2 Å². The molecule has 0 aliphatic rings. The molecule has 1 aromatic heterocycles. The van der Waals surface area contributed by atoms with Crippen molar-refractivity contribution in [2.24, 2.45) is 0 Å². The van der Waals surface area contributed by atoms with Gasteiger partial charge in [-0.05, 0) is 24.5 Å². The molecule has 17 heavy (non-hydrogen) atoms. The van der Waals surface area contributed by atoms with E-state index >= 15 is 0 Å². The smallest absolute Gasteiger partial charge is 0.307 e. The predicted octanol–water partition coefficient (Wildman–Crippen LogP) is 1.29. The minimum absolute atomic E-state index is 0.253. The summed E-state index contributed by atoms with van der Waals surface area (Å²) in [5, 5.41) is 8.85. The van der Waals surface area contributed by atoms with E-state index in [0.29, 0.717) is 11.5 Å². The average Bonchev–Trinajstić information content (AvgIpc) is 2.29. The van der Waals surface area contributed by atoms with Gasteiger partial charge in [0.2, 0.25) is 0 Å². The Hall–Kier alpha value is -1.88. The second-order valence-corrected chi connectivity index (χ2v) is 3.65. The van der Waals surface area contributed by atoms with Crippen LogP contribution >= 0.6 is 0 Å². The van der Waals surface area contributed by atoms with Crippen molar-refractivity contribution in [3.8, 4) is 11.5 Å². The molecule has 5 heteroatoms. The standard InChI is InChI=1S/C12H11BFNO2/c1-8-6-10(4-5-15-8)17-9-2-3-11(13-16)12(14)7-9/h2-7,13,16H,1H3. The fourth-order valence-corrected chi connectivity index (χ4v) is 1.44. The molecule has 0 atom stereocenters. The first-order valence-electron chi connectivity index (χ1n) is 5.19. The van der Waals surface area contributed by atoms with E-state index in [9.17, 15) is 4.39 Å². The van der Waals surface area contributed by atoms with Crippen LogP contribution < -0.4 is 10.2 Å². The van der Waals surface area contributed by atoms with Gasteiger partial charge in [-0.2, -0.15) is 0 Å². The van der Waals surface area contributed by atoms with Gasteiger partial charge >= 0.3 is 7.48 Å². The SMILES string of the molecule is Cc1cc(Oc2ccc(BO)c(F)c2)ccn1. The van der Waals surface area contributed by atoms with Gasteiger partial charge in [-0.15, -0.1) is 0 Å². The fourth-order valence-electron chi connectivity index (χ4n) is 1.44. The Bertz CT molecular complexity index is 534. The van der Waals surface area contributed by atoms with Crippen molar-refractivity contribution in [1.82, 2.24) is 4.98 Å². The third-order valence-corrected chi connectivity index (χ3v) is 2.30. The van der Waals surface area contributed by atoms with E-state index in [-0.39, 0.29) is 12.9 Å². The molecule has 0 bridgehead atoms. The van der Waals surface area contributed by atoms with Crippen LogP contribution in [-0.2, 0) is 0 Å². The second kappa shape index (κ2) is 4.97. The molecular weight excluding hydrogens is 220 g/mol. The second-order valence-electron chi connectivity index (χ2n) is 3.65. The molecule has 0 amide bonds. The molecule has 1 heterocycles. The van der Waals surface area contributed by atoms with Gasteiger partial charge in [0.1, 0.15) is 17.3 Å². The van der Waals surface area contributed by atoms with Crippen LogP contribution in [0.5, 0.6) is 11.5 Å². The van der Waals surface area contributed by atoms with Gasteiger partial charge in [0.05, 0.1) is 0 Å². The van der Waals surface area contributed by atoms with Gasteiger partial charge in [-0.25, -0.2) is 4.39 Å². The predicted molar refractivity (Wildman–Crippen MR) is 64.4 cm³/mol. The molecule has 0 unspecified atom stereocenters. The molecule has 0 aliphatic carbocycles. The summed E-state index contributed by atoms with van der Waals surface area (Å²) in [7, 11) is -0.319. The summed E-state index contributed by atoms with van der Waals surface area (Å²) in [5.41, 5.74) is 1.08. The topological polar surface area (TPSA) is 42.4 Å². The van der Waals surface area contributed by atoms with Crippen molar-refractivity contribution >= 4 is 12.9 Å². The maximum Gasteiger partial charge on any atom is 0.307 e. The first-order valence-corrected chi connectivity index (χ1v) is 5.19. The molecule has 2 aromatic rings. The van der Waals surface area contributed by atoms with E-state index in [4.69, 9.17) is 9.76 Å². The molecule has 0 fully saturated rings. The van der Waals surface area contributed by atoms with Crippen LogP contribution in [-0.4, -0.2) is 17.5 Å².